The summed E-state index contributed by atoms with van der Waals surface area (Å²) < 4.78 is 1.93. The van der Waals surface area contributed by atoms with E-state index in [2.05, 4.69) is 37.1 Å². The number of benzene rings is 1. The summed E-state index contributed by atoms with van der Waals surface area (Å²) in [6, 6.07) is 6.61. The van der Waals surface area contributed by atoms with Crippen LogP contribution >= 0.6 is 0 Å². The van der Waals surface area contributed by atoms with Crippen LogP contribution in [0.3, 0.4) is 0 Å². The molecular formula is C12H16N2. The maximum absolute atomic E-state index is 4.24. The summed E-state index contributed by atoms with van der Waals surface area (Å²) in [5, 5.41) is 5.46. The van der Waals surface area contributed by atoms with Crippen molar-refractivity contribution in [1.82, 2.24) is 9.78 Å². The zero-order valence-electron chi connectivity index (χ0n) is 8.99. The van der Waals surface area contributed by atoms with Gasteiger partial charge in [0.25, 0.3) is 0 Å². The standard InChI is InChI=1S/C12H16N2/c1-4-9(2)10-5-6-11-8-13-14(3)12(11)7-10/h5-9H,4H2,1-3H3/t9-/m1/s1. The average Bonchev–Trinajstić information content (AvgIpc) is 2.59. The van der Waals surface area contributed by atoms with E-state index in [-0.39, 0.29) is 0 Å². The Hall–Kier alpha value is -1.31. The molecule has 14 heavy (non-hydrogen) atoms. The van der Waals surface area contributed by atoms with E-state index in [1.54, 1.807) is 0 Å². The first kappa shape index (κ1) is 9.25. The topological polar surface area (TPSA) is 17.8 Å². The lowest BCUT2D eigenvalue weighted by Crippen LogP contribution is -1.93. The van der Waals surface area contributed by atoms with Crippen molar-refractivity contribution < 1.29 is 0 Å². The zero-order valence-corrected chi connectivity index (χ0v) is 8.99. The average molecular weight is 188 g/mol. The summed E-state index contributed by atoms with van der Waals surface area (Å²) in [5.41, 5.74) is 2.63. The SMILES string of the molecule is CC[C@@H](C)c1ccc2cnn(C)c2c1. The molecule has 0 radical (unpaired) electrons. The third-order valence-corrected chi connectivity index (χ3v) is 2.95. The van der Waals surface area contributed by atoms with Crippen molar-refractivity contribution in [2.24, 2.45) is 7.05 Å². The van der Waals surface area contributed by atoms with E-state index in [0.29, 0.717) is 5.92 Å². The monoisotopic (exact) mass is 188 g/mol. The highest BCUT2D eigenvalue weighted by Gasteiger charge is 2.05. The summed E-state index contributed by atoms with van der Waals surface area (Å²) >= 11 is 0. The normalized spacial score (nSPS) is 13.4. The van der Waals surface area contributed by atoms with Gasteiger partial charge in [0.2, 0.25) is 0 Å². The smallest absolute Gasteiger partial charge is 0.0681 e. The van der Waals surface area contributed by atoms with Crippen LogP contribution in [0.25, 0.3) is 10.9 Å². The fourth-order valence-electron chi connectivity index (χ4n) is 1.70. The second-order valence-corrected chi connectivity index (χ2v) is 3.90. The van der Waals surface area contributed by atoms with Crippen LogP contribution in [-0.2, 0) is 7.05 Å². The van der Waals surface area contributed by atoms with E-state index in [1.165, 1.54) is 22.9 Å². The second kappa shape index (κ2) is 3.45. The molecule has 2 rings (SSSR count). The van der Waals surface area contributed by atoms with Gasteiger partial charge in [-0.05, 0) is 24.0 Å². The Balaban J connectivity index is 2.54. The van der Waals surface area contributed by atoms with Crippen LogP contribution < -0.4 is 0 Å². The quantitative estimate of drug-likeness (QED) is 0.708. The minimum atomic E-state index is 0.634. The van der Waals surface area contributed by atoms with E-state index < -0.39 is 0 Å². The molecule has 0 saturated carbocycles. The predicted molar refractivity (Wildman–Crippen MR) is 59.4 cm³/mol. The fourth-order valence-corrected chi connectivity index (χ4v) is 1.70. The van der Waals surface area contributed by atoms with Crippen molar-refractivity contribution in [2.45, 2.75) is 26.2 Å². The summed E-state index contributed by atoms with van der Waals surface area (Å²) in [5.74, 6) is 0.634. The highest BCUT2D eigenvalue weighted by atomic mass is 15.2. The summed E-state index contributed by atoms with van der Waals surface area (Å²) in [6.45, 7) is 4.48. The van der Waals surface area contributed by atoms with Gasteiger partial charge in [0.1, 0.15) is 0 Å². The molecule has 0 aliphatic carbocycles. The highest BCUT2D eigenvalue weighted by Crippen LogP contribution is 2.22. The molecule has 0 saturated heterocycles. The van der Waals surface area contributed by atoms with Crippen LogP contribution in [0, 0.1) is 0 Å². The number of hydrogen-bond donors (Lipinski definition) is 0. The lowest BCUT2D eigenvalue weighted by molar-refractivity contribution is 0.732. The third kappa shape index (κ3) is 1.41. The van der Waals surface area contributed by atoms with Crippen LogP contribution in [0.5, 0.6) is 0 Å². The molecule has 2 heteroatoms. The third-order valence-electron chi connectivity index (χ3n) is 2.95. The minimum Gasteiger partial charge on any atom is -0.268 e. The molecule has 0 unspecified atom stereocenters. The van der Waals surface area contributed by atoms with E-state index in [0.717, 1.165) is 0 Å². The summed E-state index contributed by atoms with van der Waals surface area (Å²) in [7, 11) is 1.99. The maximum Gasteiger partial charge on any atom is 0.0681 e. The van der Waals surface area contributed by atoms with Gasteiger partial charge in [-0.25, -0.2) is 0 Å². The first-order valence-corrected chi connectivity index (χ1v) is 5.14. The largest absolute Gasteiger partial charge is 0.268 e. The number of aromatic nitrogens is 2. The molecular weight excluding hydrogens is 172 g/mol. The number of hydrogen-bond acceptors (Lipinski definition) is 1. The first-order valence-electron chi connectivity index (χ1n) is 5.14. The van der Waals surface area contributed by atoms with Crippen molar-refractivity contribution in [3.05, 3.63) is 30.0 Å². The van der Waals surface area contributed by atoms with Crippen LogP contribution in [0.4, 0.5) is 0 Å². The lowest BCUT2D eigenvalue weighted by Gasteiger charge is -2.08. The molecule has 1 aromatic heterocycles. The highest BCUT2D eigenvalue weighted by molar-refractivity contribution is 5.79. The van der Waals surface area contributed by atoms with Gasteiger partial charge in [-0.3, -0.25) is 4.68 Å². The van der Waals surface area contributed by atoms with E-state index >= 15 is 0 Å². The van der Waals surface area contributed by atoms with Crippen molar-refractivity contribution in [1.29, 1.82) is 0 Å². The minimum absolute atomic E-state index is 0.634. The number of nitrogens with zero attached hydrogens (tertiary/aromatic N) is 2. The maximum atomic E-state index is 4.24. The molecule has 0 aliphatic rings. The Kier molecular flexibility index (Phi) is 2.28. The Morgan fingerprint density at radius 1 is 1.43 bits per heavy atom. The molecule has 0 spiro atoms. The molecule has 74 valence electrons. The van der Waals surface area contributed by atoms with Crippen LogP contribution in [0.15, 0.2) is 24.4 Å². The molecule has 1 heterocycles. The van der Waals surface area contributed by atoms with E-state index in [9.17, 15) is 0 Å². The van der Waals surface area contributed by atoms with Crippen LogP contribution in [-0.4, -0.2) is 9.78 Å². The molecule has 1 atom stereocenters. The molecule has 0 bridgehead atoms. The zero-order chi connectivity index (χ0) is 10.1. The number of aryl methyl sites for hydroxylation is 1. The number of fused-ring (bicyclic) bond motifs is 1. The number of rotatable bonds is 2. The van der Waals surface area contributed by atoms with Crippen LogP contribution in [0.2, 0.25) is 0 Å². The van der Waals surface area contributed by atoms with Gasteiger partial charge < -0.3 is 0 Å². The molecule has 0 aliphatic heterocycles. The van der Waals surface area contributed by atoms with Crippen LogP contribution in [0.1, 0.15) is 31.7 Å². The van der Waals surface area contributed by atoms with E-state index in [1.807, 2.05) is 17.9 Å². The Bertz CT molecular complexity index is 443. The van der Waals surface area contributed by atoms with Gasteiger partial charge in [-0.2, -0.15) is 5.10 Å². The lowest BCUT2D eigenvalue weighted by atomic mass is 9.98. The van der Waals surface area contributed by atoms with Crippen molar-refractivity contribution >= 4 is 10.9 Å². The van der Waals surface area contributed by atoms with E-state index in [4.69, 9.17) is 0 Å². The summed E-state index contributed by atoms with van der Waals surface area (Å²) in [4.78, 5) is 0. The molecule has 0 fully saturated rings. The first-order chi connectivity index (χ1) is 6.72. The molecule has 0 amide bonds. The molecule has 2 nitrogen and oxygen atoms in total. The van der Waals surface area contributed by atoms with Gasteiger partial charge in [-0.15, -0.1) is 0 Å². The van der Waals surface area contributed by atoms with Gasteiger partial charge in [0.05, 0.1) is 11.7 Å². The second-order valence-electron chi connectivity index (χ2n) is 3.90. The van der Waals surface area contributed by atoms with Gasteiger partial charge in [-0.1, -0.05) is 26.0 Å². The van der Waals surface area contributed by atoms with Crippen molar-refractivity contribution in [2.75, 3.05) is 0 Å². The van der Waals surface area contributed by atoms with Gasteiger partial charge >= 0.3 is 0 Å². The molecule has 0 N–H and O–H groups in total. The Morgan fingerprint density at radius 3 is 2.93 bits per heavy atom. The predicted octanol–water partition coefficient (Wildman–Crippen LogP) is 3.09. The van der Waals surface area contributed by atoms with Gasteiger partial charge in [0, 0.05) is 12.4 Å². The molecule has 2 aromatic rings. The molecule has 1 aromatic carbocycles. The fraction of sp³-hybridized carbons (Fsp3) is 0.417. The van der Waals surface area contributed by atoms with Crippen molar-refractivity contribution in [3.8, 4) is 0 Å². The van der Waals surface area contributed by atoms with Crippen molar-refractivity contribution in [3.63, 3.8) is 0 Å². The summed E-state index contributed by atoms with van der Waals surface area (Å²) in [6.07, 6.45) is 3.10. The Morgan fingerprint density at radius 2 is 2.21 bits per heavy atom. The van der Waals surface area contributed by atoms with Gasteiger partial charge in [0.15, 0.2) is 0 Å². The Labute approximate surface area is 84.5 Å².